The first-order chi connectivity index (χ1) is 11.4. The number of hydrogen-bond donors (Lipinski definition) is 2. The predicted octanol–water partition coefficient (Wildman–Crippen LogP) is 1.30. The summed E-state index contributed by atoms with van der Waals surface area (Å²) < 4.78 is 45.1. The van der Waals surface area contributed by atoms with Crippen LogP contribution in [0.2, 0.25) is 0 Å². The molecule has 0 atom stereocenters. The number of amides is 1. The van der Waals surface area contributed by atoms with Gasteiger partial charge in [-0.25, -0.2) is 5.43 Å². The van der Waals surface area contributed by atoms with Crippen molar-refractivity contribution in [3.05, 3.63) is 29.3 Å². The summed E-state index contributed by atoms with van der Waals surface area (Å²) in [6, 6.07) is 3.57. The van der Waals surface area contributed by atoms with Crippen LogP contribution in [0.25, 0.3) is 0 Å². The van der Waals surface area contributed by atoms with Gasteiger partial charge in [-0.3, -0.25) is 4.79 Å². The highest BCUT2D eigenvalue weighted by Gasteiger charge is 2.35. The van der Waals surface area contributed by atoms with E-state index in [1.165, 1.54) is 12.1 Å². The Balaban J connectivity index is 1.85. The third-order valence-electron chi connectivity index (χ3n) is 3.27. The van der Waals surface area contributed by atoms with Crippen LogP contribution in [0.3, 0.4) is 0 Å². The van der Waals surface area contributed by atoms with E-state index < -0.39 is 11.7 Å². The number of alkyl halides is 3. The molecule has 2 N–H and O–H groups in total. The maximum atomic E-state index is 13.3. The Kier molecular flexibility index (Phi) is 4.19. The van der Waals surface area contributed by atoms with Gasteiger partial charge < -0.3 is 10.1 Å². The summed E-state index contributed by atoms with van der Waals surface area (Å²) in [7, 11) is 0. The molecule has 0 unspecified atom stereocenters. The highest BCUT2D eigenvalue weighted by Crippen LogP contribution is 2.37. The van der Waals surface area contributed by atoms with E-state index in [4.69, 9.17) is 4.74 Å². The molecule has 1 amide bonds. The Morgan fingerprint density at radius 1 is 1.29 bits per heavy atom. The van der Waals surface area contributed by atoms with Crippen LogP contribution in [0.1, 0.15) is 17.5 Å². The summed E-state index contributed by atoms with van der Waals surface area (Å²) in [5.41, 5.74) is 2.02. The van der Waals surface area contributed by atoms with Crippen molar-refractivity contribution in [3.63, 3.8) is 0 Å². The second kappa shape index (κ2) is 6.30. The van der Waals surface area contributed by atoms with Gasteiger partial charge in [-0.2, -0.15) is 28.5 Å². The third-order valence-corrected chi connectivity index (χ3v) is 3.27. The minimum Gasteiger partial charge on any atom is -0.487 e. The van der Waals surface area contributed by atoms with Crippen LogP contribution in [-0.2, 0) is 11.0 Å². The summed E-state index contributed by atoms with van der Waals surface area (Å²) >= 11 is 0. The van der Waals surface area contributed by atoms with E-state index in [1.54, 1.807) is 6.21 Å². The van der Waals surface area contributed by atoms with E-state index in [-0.39, 0.29) is 36.2 Å². The topological polar surface area (TPSA) is 87.4 Å². The van der Waals surface area contributed by atoms with Gasteiger partial charge in [0.2, 0.25) is 0 Å². The van der Waals surface area contributed by atoms with Gasteiger partial charge in [0, 0.05) is 18.2 Å². The number of rotatable bonds is 4. The monoisotopic (exact) mass is 339 g/mol. The van der Waals surface area contributed by atoms with Crippen molar-refractivity contribution in [2.75, 3.05) is 13.2 Å². The van der Waals surface area contributed by atoms with Crippen LogP contribution < -0.4 is 15.5 Å². The average molecular weight is 339 g/mol. The Labute approximate surface area is 134 Å². The third kappa shape index (κ3) is 3.53. The lowest BCUT2D eigenvalue weighted by Crippen LogP contribution is -2.42. The van der Waals surface area contributed by atoms with Crippen LogP contribution in [0, 0.1) is 0 Å². The first kappa shape index (κ1) is 16.0. The molecule has 2 aliphatic rings. The molecule has 24 heavy (non-hydrogen) atoms. The molecule has 2 heterocycles. The molecule has 0 radical (unpaired) electrons. The maximum absolute atomic E-state index is 13.3. The zero-order valence-electron chi connectivity index (χ0n) is 12.2. The van der Waals surface area contributed by atoms with Gasteiger partial charge in [0.25, 0.3) is 5.91 Å². The molecular formula is C14H12F3N5O2. The Bertz CT molecular complexity index is 755. The van der Waals surface area contributed by atoms with Crippen LogP contribution in [0.5, 0.6) is 5.75 Å². The number of hydrazone groups is 1. The second-order valence-corrected chi connectivity index (χ2v) is 5.01. The number of halogens is 3. The minimum absolute atomic E-state index is 0.0573. The normalized spacial score (nSPS) is 17.0. The van der Waals surface area contributed by atoms with Gasteiger partial charge in [-0.05, 0) is 18.2 Å². The van der Waals surface area contributed by atoms with Crippen molar-refractivity contribution in [2.45, 2.75) is 12.6 Å². The fourth-order valence-corrected chi connectivity index (χ4v) is 2.11. The van der Waals surface area contributed by atoms with Crippen molar-refractivity contribution in [2.24, 2.45) is 15.3 Å². The van der Waals surface area contributed by atoms with E-state index in [1.807, 2.05) is 0 Å². The highest BCUT2D eigenvalue weighted by molar-refractivity contribution is 6.03. The lowest BCUT2D eigenvalue weighted by atomic mass is 10.1. The molecule has 10 heteroatoms. The van der Waals surface area contributed by atoms with E-state index in [0.717, 1.165) is 6.07 Å². The summed E-state index contributed by atoms with van der Waals surface area (Å²) in [6.45, 7) is -0.129. The molecule has 1 aromatic rings. The zero-order valence-corrected chi connectivity index (χ0v) is 12.2. The number of amidine groups is 1. The molecule has 0 saturated carbocycles. The first-order valence-corrected chi connectivity index (χ1v) is 6.95. The largest absolute Gasteiger partial charge is 0.487 e. The summed E-state index contributed by atoms with van der Waals surface area (Å²) in [5, 5.41) is 13.7. The maximum Gasteiger partial charge on any atom is 0.419 e. The summed E-state index contributed by atoms with van der Waals surface area (Å²) in [6.07, 6.45) is -2.59. The molecule has 0 bridgehead atoms. The van der Waals surface area contributed by atoms with Gasteiger partial charge >= 0.3 is 6.18 Å². The van der Waals surface area contributed by atoms with Gasteiger partial charge in [0.1, 0.15) is 12.4 Å². The van der Waals surface area contributed by atoms with E-state index in [2.05, 4.69) is 26.0 Å². The fraction of sp³-hybridized carbons (Fsp3) is 0.286. The average Bonchev–Trinajstić information content (AvgIpc) is 3.06. The summed E-state index contributed by atoms with van der Waals surface area (Å²) in [4.78, 5) is 11.0. The number of carbonyl (C=O) groups is 1. The standard InChI is InChI=1S/C14H12F3N5O2/c15-14(16,17)10-5-8(13-18-6-12(23)21-22-13)1-2-11(10)24-7-9-3-4-19-20-9/h1-2,4-5H,3,6-7H2,(H,18,22)(H,21,23). The van der Waals surface area contributed by atoms with Crippen molar-refractivity contribution in [3.8, 4) is 5.75 Å². The van der Waals surface area contributed by atoms with Crippen molar-refractivity contribution in [1.29, 1.82) is 0 Å². The molecule has 2 aliphatic heterocycles. The van der Waals surface area contributed by atoms with Gasteiger partial charge in [-0.15, -0.1) is 0 Å². The zero-order chi connectivity index (χ0) is 17.2. The van der Waals surface area contributed by atoms with E-state index in [0.29, 0.717) is 12.1 Å². The van der Waals surface area contributed by atoms with Gasteiger partial charge in [0.05, 0.1) is 17.8 Å². The molecular weight excluding hydrogens is 327 g/mol. The number of nitrogens with zero attached hydrogens (tertiary/aromatic N) is 3. The molecule has 0 fully saturated rings. The van der Waals surface area contributed by atoms with Gasteiger partial charge in [0.15, 0.2) is 5.84 Å². The summed E-state index contributed by atoms with van der Waals surface area (Å²) in [5.74, 6) is -0.518. The van der Waals surface area contributed by atoms with Crippen LogP contribution in [-0.4, -0.2) is 36.8 Å². The molecule has 0 aliphatic carbocycles. The first-order valence-electron chi connectivity index (χ1n) is 6.95. The SMILES string of the molecule is O=C1CNC(c2ccc(OCC3=NN=CC3)c(C(F)(F)F)c2)=NN1. The van der Waals surface area contributed by atoms with Crippen LogP contribution in [0.4, 0.5) is 13.2 Å². The lowest BCUT2D eigenvalue weighted by Gasteiger charge is -2.18. The minimum atomic E-state index is -4.60. The molecule has 126 valence electrons. The molecule has 3 rings (SSSR count). The molecule has 7 nitrogen and oxygen atoms in total. The molecule has 0 spiro atoms. The number of carbonyl (C=O) groups excluding carboxylic acids is 1. The predicted molar refractivity (Wildman–Crippen MR) is 80.2 cm³/mol. The number of benzene rings is 1. The number of hydrogen-bond acceptors (Lipinski definition) is 6. The van der Waals surface area contributed by atoms with Crippen LogP contribution in [0.15, 0.2) is 33.5 Å². The van der Waals surface area contributed by atoms with E-state index >= 15 is 0 Å². The molecule has 1 aromatic carbocycles. The second-order valence-electron chi connectivity index (χ2n) is 5.01. The Hall–Kier alpha value is -2.91. The van der Waals surface area contributed by atoms with Crippen molar-refractivity contribution in [1.82, 2.24) is 10.7 Å². The Morgan fingerprint density at radius 2 is 2.12 bits per heavy atom. The smallest absolute Gasteiger partial charge is 0.419 e. The van der Waals surface area contributed by atoms with E-state index in [9.17, 15) is 18.0 Å². The fourth-order valence-electron chi connectivity index (χ4n) is 2.11. The van der Waals surface area contributed by atoms with Crippen molar-refractivity contribution < 1.29 is 22.7 Å². The number of nitrogens with one attached hydrogen (secondary N) is 2. The van der Waals surface area contributed by atoms with Gasteiger partial charge in [-0.1, -0.05) is 0 Å². The number of ether oxygens (including phenoxy) is 1. The lowest BCUT2D eigenvalue weighted by molar-refractivity contribution is -0.138. The highest BCUT2D eigenvalue weighted by atomic mass is 19.4. The Morgan fingerprint density at radius 3 is 2.75 bits per heavy atom. The van der Waals surface area contributed by atoms with Crippen LogP contribution >= 0.6 is 0 Å². The van der Waals surface area contributed by atoms with Crippen molar-refractivity contribution >= 4 is 23.7 Å². The molecule has 0 saturated heterocycles. The quantitative estimate of drug-likeness (QED) is 0.867. The molecule has 0 aromatic heterocycles.